The second-order valence-electron chi connectivity index (χ2n) is 3.52. The van der Waals surface area contributed by atoms with E-state index in [0.717, 1.165) is 13.1 Å². The molecule has 0 rings (SSSR count). The van der Waals surface area contributed by atoms with Gasteiger partial charge in [-0.05, 0) is 19.5 Å². The van der Waals surface area contributed by atoms with E-state index in [9.17, 15) is 0 Å². The van der Waals surface area contributed by atoms with Gasteiger partial charge in [-0.1, -0.05) is 38.3 Å². The van der Waals surface area contributed by atoms with Gasteiger partial charge in [0.1, 0.15) is 0 Å². The highest BCUT2D eigenvalue weighted by Crippen LogP contribution is 2.00. The molecule has 0 spiro atoms. The zero-order valence-corrected chi connectivity index (χ0v) is 9.37. The lowest BCUT2D eigenvalue weighted by molar-refractivity contribution is 0.294. The van der Waals surface area contributed by atoms with Crippen LogP contribution in [-0.4, -0.2) is 35.6 Å². The Morgan fingerprint density at radius 3 is 2.50 bits per heavy atom. The van der Waals surface area contributed by atoms with Gasteiger partial charge < -0.3 is 10.9 Å². The summed E-state index contributed by atoms with van der Waals surface area (Å²) in [6, 6.07) is 0. The van der Waals surface area contributed by atoms with E-state index in [1.807, 2.05) is 0 Å². The predicted molar refractivity (Wildman–Crippen MR) is 59.7 cm³/mol. The van der Waals surface area contributed by atoms with Crippen molar-refractivity contribution >= 4 is 5.84 Å². The van der Waals surface area contributed by atoms with Crippen molar-refractivity contribution in [3.8, 4) is 0 Å². The second kappa shape index (κ2) is 8.81. The molecule has 0 unspecified atom stereocenters. The van der Waals surface area contributed by atoms with Gasteiger partial charge in [0.25, 0.3) is 0 Å². The number of hydrogen-bond acceptors (Lipinski definition) is 3. The van der Waals surface area contributed by atoms with E-state index in [1.165, 1.54) is 25.7 Å². The molecule has 14 heavy (non-hydrogen) atoms. The number of unbranched alkanes of at least 4 members (excludes halogenated alkanes) is 3. The highest BCUT2D eigenvalue weighted by atomic mass is 16.4. The highest BCUT2D eigenvalue weighted by molar-refractivity contribution is 5.81. The number of hydrogen-bond donors (Lipinski definition) is 2. The van der Waals surface area contributed by atoms with Crippen LogP contribution in [0.5, 0.6) is 0 Å². The Morgan fingerprint density at radius 2 is 2.00 bits per heavy atom. The fraction of sp³-hybridized carbons (Fsp3) is 0.900. The molecule has 0 aromatic carbocycles. The minimum atomic E-state index is 0.294. The highest BCUT2D eigenvalue weighted by Gasteiger charge is 2.03. The minimum absolute atomic E-state index is 0.294. The van der Waals surface area contributed by atoms with Gasteiger partial charge in [0.05, 0.1) is 6.54 Å². The van der Waals surface area contributed by atoms with Crippen LogP contribution < -0.4 is 5.73 Å². The first-order valence-electron chi connectivity index (χ1n) is 5.43. The first-order valence-corrected chi connectivity index (χ1v) is 5.43. The van der Waals surface area contributed by atoms with Crippen LogP contribution in [0.1, 0.15) is 39.5 Å². The number of likely N-dealkylation sites (N-methyl/N-ethyl adjacent to an activating group) is 1. The van der Waals surface area contributed by atoms with Gasteiger partial charge in [0, 0.05) is 0 Å². The Kier molecular flexibility index (Phi) is 8.33. The average Bonchev–Trinajstić information content (AvgIpc) is 2.22. The van der Waals surface area contributed by atoms with Gasteiger partial charge in [-0.2, -0.15) is 0 Å². The Balaban J connectivity index is 3.58. The molecule has 0 aliphatic carbocycles. The van der Waals surface area contributed by atoms with Crippen molar-refractivity contribution < 1.29 is 5.21 Å². The van der Waals surface area contributed by atoms with Gasteiger partial charge in [-0.3, -0.25) is 4.90 Å². The Bertz CT molecular complexity index is 159. The molecule has 0 amide bonds. The molecule has 0 aliphatic heterocycles. The van der Waals surface area contributed by atoms with E-state index in [2.05, 4.69) is 23.9 Å². The third-order valence-electron chi connectivity index (χ3n) is 2.29. The molecular weight excluding hydrogens is 178 g/mol. The largest absolute Gasteiger partial charge is 0.409 e. The molecule has 0 saturated heterocycles. The summed E-state index contributed by atoms with van der Waals surface area (Å²) in [6.45, 7) is 6.84. The first-order chi connectivity index (χ1) is 6.74. The average molecular weight is 201 g/mol. The van der Waals surface area contributed by atoms with Gasteiger partial charge in [-0.25, -0.2) is 0 Å². The van der Waals surface area contributed by atoms with Crippen LogP contribution in [0.4, 0.5) is 0 Å². The smallest absolute Gasteiger partial charge is 0.153 e. The fourth-order valence-corrected chi connectivity index (χ4v) is 1.37. The van der Waals surface area contributed by atoms with Crippen molar-refractivity contribution in [2.75, 3.05) is 19.6 Å². The topological polar surface area (TPSA) is 61.8 Å². The summed E-state index contributed by atoms with van der Waals surface area (Å²) >= 11 is 0. The lowest BCUT2D eigenvalue weighted by atomic mass is 10.2. The van der Waals surface area contributed by atoms with Crippen LogP contribution in [0.25, 0.3) is 0 Å². The molecule has 0 radical (unpaired) electrons. The quantitative estimate of drug-likeness (QED) is 0.206. The maximum absolute atomic E-state index is 8.43. The molecule has 4 nitrogen and oxygen atoms in total. The maximum Gasteiger partial charge on any atom is 0.153 e. The number of nitrogens with zero attached hydrogens (tertiary/aromatic N) is 2. The lowest BCUT2D eigenvalue weighted by Gasteiger charge is -2.18. The van der Waals surface area contributed by atoms with Gasteiger partial charge in [-0.15, -0.1) is 0 Å². The van der Waals surface area contributed by atoms with Crippen LogP contribution in [0.15, 0.2) is 5.16 Å². The number of amidine groups is 1. The Labute approximate surface area is 86.8 Å². The summed E-state index contributed by atoms with van der Waals surface area (Å²) in [4.78, 5) is 2.19. The summed E-state index contributed by atoms with van der Waals surface area (Å²) < 4.78 is 0. The molecule has 0 bridgehead atoms. The second-order valence-corrected chi connectivity index (χ2v) is 3.52. The van der Waals surface area contributed by atoms with Crippen molar-refractivity contribution in [2.24, 2.45) is 10.9 Å². The number of rotatable bonds is 8. The molecule has 4 heteroatoms. The van der Waals surface area contributed by atoms with Gasteiger partial charge >= 0.3 is 0 Å². The van der Waals surface area contributed by atoms with Crippen LogP contribution >= 0.6 is 0 Å². The summed E-state index contributed by atoms with van der Waals surface area (Å²) in [7, 11) is 0. The van der Waals surface area contributed by atoms with Gasteiger partial charge in [0.2, 0.25) is 0 Å². The molecular formula is C10H23N3O. The van der Waals surface area contributed by atoms with E-state index in [0.29, 0.717) is 12.4 Å². The third kappa shape index (κ3) is 6.71. The third-order valence-corrected chi connectivity index (χ3v) is 2.29. The normalized spacial score (nSPS) is 12.4. The molecule has 0 aliphatic rings. The Morgan fingerprint density at radius 1 is 1.29 bits per heavy atom. The van der Waals surface area contributed by atoms with E-state index in [-0.39, 0.29) is 0 Å². The van der Waals surface area contributed by atoms with Crippen LogP contribution in [0.3, 0.4) is 0 Å². The van der Waals surface area contributed by atoms with E-state index >= 15 is 0 Å². The van der Waals surface area contributed by atoms with Crippen molar-refractivity contribution in [1.29, 1.82) is 0 Å². The standard InChI is InChI=1S/C10H23N3O/c1-3-5-6-7-8-13(4-2)9-10(11)12-14/h14H,3-9H2,1-2H3,(H2,11,12). The summed E-state index contributed by atoms with van der Waals surface area (Å²) in [5.74, 6) is 0.294. The molecule has 0 heterocycles. The fourth-order valence-electron chi connectivity index (χ4n) is 1.37. The molecule has 3 N–H and O–H groups in total. The van der Waals surface area contributed by atoms with Crippen molar-refractivity contribution in [2.45, 2.75) is 39.5 Å². The molecule has 0 aromatic rings. The van der Waals surface area contributed by atoms with Crippen LogP contribution in [0, 0.1) is 0 Å². The Hall–Kier alpha value is -0.770. The summed E-state index contributed by atoms with van der Waals surface area (Å²) in [5, 5.41) is 11.4. The number of nitrogens with two attached hydrogens (primary N) is 1. The van der Waals surface area contributed by atoms with Crippen molar-refractivity contribution in [1.82, 2.24) is 4.90 Å². The number of oxime groups is 1. The zero-order valence-electron chi connectivity index (χ0n) is 9.37. The van der Waals surface area contributed by atoms with E-state index in [4.69, 9.17) is 10.9 Å². The first kappa shape index (κ1) is 13.2. The summed E-state index contributed by atoms with van der Waals surface area (Å²) in [5.41, 5.74) is 5.44. The summed E-state index contributed by atoms with van der Waals surface area (Å²) in [6.07, 6.45) is 5.01. The molecule has 0 atom stereocenters. The molecule has 0 saturated carbocycles. The lowest BCUT2D eigenvalue weighted by Crippen LogP contribution is -2.34. The zero-order chi connectivity index (χ0) is 10.8. The minimum Gasteiger partial charge on any atom is -0.409 e. The molecule has 0 fully saturated rings. The molecule has 0 aromatic heterocycles. The van der Waals surface area contributed by atoms with Crippen LogP contribution in [-0.2, 0) is 0 Å². The van der Waals surface area contributed by atoms with E-state index < -0.39 is 0 Å². The van der Waals surface area contributed by atoms with Crippen LogP contribution in [0.2, 0.25) is 0 Å². The van der Waals surface area contributed by atoms with Gasteiger partial charge in [0.15, 0.2) is 5.84 Å². The monoisotopic (exact) mass is 201 g/mol. The predicted octanol–water partition coefficient (Wildman–Crippen LogP) is 1.63. The molecule has 84 valence electrons. The van der Waals surface area contributed by atoms with Crippen molar-refractivity contribution in [3.05, 3.63) is 0 Å². The maximum atomic E-state index is 8.43. The van der Waals surface area contributed by atoms with E-state index in [1.54, 1.807) is 0 Å². The SMILES string of the molecule is CCCCCCN(CC)CC(N)=NO. The van der Waals surface area contributed by atoms with Crippen molar-refractivity contribution in [3.63, 3.8) is 0 Å².